The van der Waals surface area contributed by atoms with Gasteiger partial charge in [0.1, 0.15) is 11.4 Å². The van der Waals surface area contributed by atoms with E-state index in [1.807, 2.05) is 0 Å². The fourth-order valence-electron chi connectivity index (χ4n) is 3.69. The number of fused-ring (bicyclic) bond motifs is 1. The highest BCUT2D eigenvalue weighted by atomic mass is 32.2. The summed E-state index contributed by atoms with van der Waals surface area (Å²) >= 11 is 0. The summed E-state index contributed by atoms with van der Waals surface area (Å²) in [4.78, 5) is 41.1. The van der Waals surface area contributed by atoms with Crippen LogP contribution in [0, 0.1) is 29.1 Å². The molecule has 192 valence electrons. The molecule has 2 aromatic rings. The van der Waals surface area contributed by atoms with Crippen LogP contribution < -0.4 is 5.32 Å². The predicted octanol–water partition coefficient (Wildman–Crippen LogP) is 2.29. The first-order valence-electron chi connectivity index (χ1n) is 9.99. The molecule has 4 rings (SSSR count). The van der Waals surface area contributed by atoms with Crippen molar-refractivity contribution in [3.63, 3.8) is 0 Å². The zero-order valence-electron chi connectivity index (χ0n) is 18.0. The van der Waals surface area contributed by atoms with Crippen molar-refractivity contribution >= 4 is 39.4 Å². The Morgan fingerprint density at radius 3 is 2.24 bits per heavy atom. The van der Waals surface area contributed by atoms with Gasteiger partial charge in [0.15, 0.2) is 38.5 Å². The van der Waals surface area contributed by atoms with Crippen molar-refractivity contribution in [1.82, 2.24) is 9.88 Å². The first kappa shape index (κ1) is 25.7. The van der Waals surface area contributed by atoms with Gasteiger partial charge in [-0.25, -0.2) is 35.2 Å². The van der Waals surface area contributed by atoms with E-state index in [1.54, 1.807) is 12.1 Å². The molecule has 2 aliphatic rings. The summed E-state index contributed by atoms with van der Waals surface area (Å²) in [5.41, 5.74) is -2.97. The summed E-state index contributed by atoms with van der Waals surface area (Å²) in [6, 6.07) is 4.66. The van der Waals surface area contributed by atoms with Crippen LogP contribution in [0.15, 0.2) is 53.4 Å². The van der Waals surface area contributed by atoms with Crippen LogP contribution in [0.2, 0.25) is 0 Å². The standard InChI is InChI=1S/C22H12F5N3O6S/c23-13-14(24)16(26)18(17(27)15(13)25)29-12(31)5-4-9-8-37(35,36)21-11(7-10-3-1-2-6-28-10)20(32)30(21)19(9)22(33)34/h1-7,21H,8H2,(H,29,31)(H,33,34)/b5-4+,11-7+/t21-/m1/s1. The maximum absolute atomic E-state index is 13.8. The first-order valence-corrected chi connectivity index (χ1v) is 11.7. The summed E-state index contributed by atoms with van der Waals surface area (Å²) in [5, 5.41) is 9.42. The number of allylic oxidation sites excluding steroid dienone is 1. The second-order valence-electron chi connectivity index (χ2n) is 7.64. The van der Waals surface area contributed by atoms with Gasteiger partial charge in [0.05, 0.1) is 17.0 Å². The maximum atomic E-state index is 13.8. The maximum Gasteiger partial charge on any atom is 0.352 e. The molecule has 0 spiro atoms. The molecule has 2 N–H and O–H groups in total. The van der Waals surface area contributed by atoms with Gasteiger partial charge >= 0.3 is 5.97 Å². The molecule has 0 saturated carbocycles. The third-order valence-corrected chi connectivity index (χ3v) is 7.15. The summed E-state index contributed by atoms with van der Waals surface area (Å²) in [6.07, 6.45) is 3.65. The molecule has 1 atom stereocenters. The van der Waals surface area contributed by atoms with Gasteiger partial charge < -0.3 is 10.4 Å². The fourth-order valence-corrected chi connectivity index (χ4v) is 5.60. The lowest BCUT2D eigenvalue weighted by atomic mass is 10.0. The Balaban J connectivity index is 1.67. The molecule has 0 bridgehead atoms. The van der Waals surface area contributed by atoms with Crippen LogP contribution in [-0.4, -0.2) is 52.3 Å². The average molecular weight is 541 g/mol. The van der Waals surface area contributed by atoms with Gasteiger partial charge in [0.25, 0.3) is 5.91 Å². The van der Waals surface area contributed by atoms with Crippen molar-refractivity contribution in [3.05, 3.63) is 88.2 Å². The van der Waals surface area contributed by atoms with Crippen LogP contribution in [0.4, 0.5) is 27.6 Å². The molecular formula is C22H12F5N3O6S. The molecule has 0 aliphatic carbocycles. The topological polar surface area (TPSA) is 134 Å². The Bertz CT molecular complexity index is 1540. The van der Waals surface area contributed by atoms with Crippen molar-refractivity contribution in [2.45, 2.75) is 5.37 Å². The largest absolute Gasteiger partial charge is 0.477 e. The minimum Gasteiger partial charge on any atom is -0.477 e. The van der Waals surface area contributed by atoms with E-state index < -0.39 is 84.8 Å². The van der Waals surface area contributed by atoms with E-state index in [4.69, 9.17) is 0 Å². The number of pyridine rings is 1. The van der Waals surface area contributed by atoms with Crippen molar-refractivity contribution in [3.8, 4) is 0 Å². The van der Waals surface area contributed by atoms with Crippen LogP contribution in [0.1, 0.15) is 5.69 Å². The number of sulfone groups is 1. The number of rotatable bonds is 5. The van der Waals surface area contributed by atoms with Crippen molar-refractivity contribution < 1.29 is 49.9 Å². The number of amides is 2. The number of carbonyl (C=O) groups excluding carboxylic acids is 2. The summed E-state index contributed by atoms with van der Waals surface area (Å²) in [7, 11) is -4.23. The number of halogens is 5. The van der Waals surface area contributed by atoms with Crippen LogP contribution in [0.3, 0.4) is 0 Å². The van der Waals surface area contributed by atoms with Gasteiger partial charge in [-0.2, -0.15) is 0 Å². The quantitative estimate of drug-likeness (QED) is 0.195. The Hall–Kier alpha value is -4.40. The molecule has 2 aliphatic heterocycles. The number of carboxylic acid groups (broad SMARTS) is 1. The average Bonchev–Trinajstić information content (AvgIpc) is 2.85. The molecule has 1 aromatic heterocycles. The smallest absolute Gasteiger partial charge is 0.352 e. The molecule has 3 heterocycles. The highest BCUT2D eigenvalue weighted by molar-refractivity contribution is 7.92. The second kappa shape index (κ2) is 9.24. The van der Waals surface area contributed by atoms with Crippen molar-refractivity contribution in [1.29, 1.82) is 0 Å². The number of hydrogen-bond donors (Lipinski definition) is 2. The third-order valence-electron chi connectivity index (χ3n) is 5.30. The van der Waals surface area contributed by atoms with E-state index in [-0.39, 0.29) is 11.3 Å². The van der Waals surface area contributed by atoms with E-state index in [0.717, 1.165) is 0 Å². The number of carboxylic acids is 1. The van der Waals surface area contributed by atoms with Crippen molar-refractivity contribution in [2.75, 3.05) is 11.1 Å². The van der Waals surface area contributed by atoms with Crippen LogP contribution in [-0.2, 0) is 24.2 Å². The molecule has 0 radical (unpaired) electrons. The van der Waals surface area contributed by atoms with Gasteiger partial charge in [-0.1, -0.05) is 12.1 Å². The van der Waals surface area contributed by atoms with E-state index >= 15 is 0 Å². The first-order chi connectivity index (χ1) is 17.3. The molecular weight excluding hydrogens is 529 g/mol. The van der Waals surface area contributed by atoms with Crippen molar-refractivity contribution in [2.24, 2.45) is 0 Å². The lowest BCUT2D eigenvalue weighted by Crippen LogP contribution is -2.62. The monoisotopic (exact) mass is 541 g/mol. The number of hydrogen-bond acceptors (Lipinski definition) is 6. The zero-order valence-corrected chi connectivity index (χ0v) is 18.8. The number of benzene rings is 1. The van der Waals surface area contributed by atoms with Gasteiger partial charge in [-0.3, -0.25) is 19.5 Å². The number of carbonyl (C=O) groups is 3. The van der Waals surface area contributed by atoms with E-state index in [2.05, 4.69) is 4.98 Å². The highest BCUT2D eigenvalue weighted by Gasteiger charge is 2.56. The van der Waals surface area contributed by atoms with Gasteiger partial charge in [-0.05, 0) is 23.8 Å². The van der Waals surface area contributed by atoms with E-state index in [9.17, 15) is 49.9 Å². The molecule has 15 heteroatoms. The molecule has 2 amide bonds. The van der Waals surface area contributed by atoms with Crippen LogP contribution >= 0.6 is 0 Å². The number of nitrogens with one attached hydrogen (secondary N) is 1. The number of β-lactam (4-membered cyclic amide) rings is 1. The van der Waals surface area contributed by atoms with E-state index in [0.29, 0.717) is 17.1 Å². The predicted molar refractivity (Wildman–Crippen MR) is 115 cm³/mol. The normalized spacial score (nSPS) is 19.7. The number of aromatic nitrogens is 1. The molecule has 1 saturated heterocycles. The zero-order chi connectivity index (χ0) is 27.2. The fraction of sp³-hybridized carbons (Fsp3) is 0.0909. The Morgan fingerprint density at radius 1 is 1.05 bits per heavy atom. The minimum atomic E-state index is -4.23. The molecule has 37 heavy (non-hydrogen) atoms. The molecule has 1 aromatic carbocycles. The lowest BCUT2D eigenvalue weighted by Gasteiger charge is -2.45. The summed E-state index contributed by atoms with van der Waals surface area (Å²) in [6.45, 7) is 0. The Kier molecular flexibility index (Phi) is 6.41. The Labute approximate surface area is 204 Å². The second-order valence-corrected chi connectivity index (χ2v) is 9.70. The van der Waals surface area contributed by atoms with Gasteiger partial charge in [-0.15, -0.1) is 0 Å². The number of nitrogens with zero attached hydrogens (tertiary/aromatic N) is 2. The van der Waals surface area contributed by atoms with Crippen LogP contribution in [0.25, 0.3) is 6.08 Å². The number of aliphatic carboxylic acids is 1. The van der Waals surface area contributed by atoms with E-state index in [1.165, 1.54) is 23.7 Å². The lowest BCUT2D eigenvalue weighted by molar-refractivity contribution is -0.141. The number of anilines is 1. The minimum absolute atomic E-state index is 0.232. The third kappa shape index (κ3) is 4.37. The van der Waals surface area contributed by atoms with Crippen LogP contribution in [0.5, 0.6) is 0 Å². The molecule has 0 unspecified atom stereocenters. The summed E-state index contributed by atoms with van der Waals surface area (Å²) < 4.78 is 93.1. The summed E-state index contributed by atoms with van der Waals surface area (Å²) in [5.74, 6) is -16.8. The SMILES string of the molecule is O=C(/C=C/C1=C(C(=O)O)N2C(=O)/C(=C\c3ccccn3)[C@H]2S(=O)(=O)C1)Nc1c(F)c(F)c(F)c(F)c1F. The highest BCUT2D eigenvalue weighted by Crippen LogP contribution is 2.41. The Morgan fingerprint density at radius 2 is 1.68 bits per heavy atom. The molecule has 1 fully saturated rings. The molecule has 9 nitrogen and oxygen atoms in total. The van der Waals surface area contributed by atoms with Gasteiger partial charge in [0, 0.05) is 12.3 Å². The van der Waals surface area contributed by atoms with Gasteiger partial charge in [0.2, 0.25) is 11.7 Å².